The zero-order valence-electron chi connectivity index (χ0n) is 11.9. The fraction of sp³-hybridized carbons (Fsp3) is 0.500. The van der Waals surface area contributed by atoms with Crippen LogP contribution in [0.4, 0.5) is 5.69 Å². The van der Waals surface area contributed by atoms with E-state index in [1.807, 2.05) is 14.0 Å². The Hall–Kier alpha value is -0.970. The lowest BCUT2D eigenvalue weighted by Gasteiger charge is -2.12. The van der Waals surface area contributed by atoms with E-state index in [0.29, 0.717) is 29.5 Å². The van der Waals surface area contributed by atoms with Crippen LogP contribution in [0.25, 0.3) is 0 Å². The van der Waals surface area contributed by atoms with Gasteiger partial charge in [0.25, 0.3) is 0 Å². The van der Waals surface area contributed by atoms with E-state index in [1.54, 1.807) is 18.2 Å². The maximum Gasteiger partial charge on any atom is 0.224 e. The zero-order chi connectivity index (χ0) is 14.1. The quantitative estimate of drug-likeness (QED) is 0.721. The highest BCUT2D eigenvalue weighted by Crippen LogP contribution is 2.28. The molecule has 0 fully saturated rings. The summed E-state index contributed by atoms with van der Waals surface area (Å²) in [5, 5.41) is 6.43. The summed E-state index contributed by atoms with van der Waals surface area (Å²) in [7, 11) is 1.87. The second-order valence-corrected chi connectivity index (χ2v) is 4.68. The molecule has 0 aliphatic carbocycles. The first-order valence-electron chi connectivity index (χ1n) is 6.54. The maximum atomic E-state index is 11.8. The van der Waals surface area contributed by atoms with Crippen LogP contribution in [0.3, 0.4) is 0 Å². The van der Waals surface area contributed by atoms with Gasteiger partial charge in [0.2, 0.25) is 5.91 Å². The summed E-state index contributed by atoms with van der Waals surface area (Å²) in [5.74, 6) is 0.632. The number of hydrogen-bond donors (Lipinski definition) is 2. The lowest BCUT2D eigenvalue weighted by Crippen LogP contribution is -2.15. The molecule has 2 N–H and O–H groups in total. The van der Waals surface area contributed by atoms with Crippen molar-refractivity contribution in [1.82, 2.24) is 5.32 Å². The van der Waals surface area contributed by atoms with Gasteiger partial charge in [-0.3, -0.25) is 4.79 Å². The van der Waals surface area contributed by atoms with E-state index < -0.39 is 0 Å². The Balaban J connectivity index is 0.00000361. The van der Waals surface area contributed by atoms with Gasteiger partial charge in [-0.2, -0.15) is 0 Å². The average molecular weight is 321 g/mol. The molecule has 1 rings (SSSR count). The van der Waals surface area contributed by atoms with Gasteiger partial charge in [-0.1, -0.05) is 18.5 Å². The van der Waals surface area contributed by atoms with Crippen LogP contribution in [-0.4, -0.2) is 26.1 Å². The molecule has 0 radical (unpaired) electrons. The number of nitrogens with one attached hydrogen (secondary N) is 2. The monoisotopic (exact) mass is 320 g/mol. The summed E-state index contributed by atoms with van der Waals surface area (Å²) in [6.45, 7) is 3.47. The molecule has 1 aromatic carbocycles. The summed E-state index contributed by atoms with van der Waals surface area (Å²) < 4.78 is 5.58. The molecule has 0 heterocycles. The minimum absolute atomic E-state index is 0. The van der Waals surface area contributed by atoms with Crippen LogP contribution < -0.4 is 15.4 Å². The second kappa shape index (κ2) is 10.8. The summed E-state index contributed by atoms with van der Waals surface area (Å²) in [6, 6.07) is 5.24. The lowest BCUT2D eigenvalue weighted by molar-refractivity contribution is -0.116. The number of amides is 1. The predicted octanol–water partition coefficient (Wildman–Crippen LogP) is 3.49. The van der Waals surface area contributed by atoms with E-state index >= 15 is 0 Å². The van der Waals surface area contributed by atoms with Gasteiger partial charge < -0.3 is 15.4 Å². The Bertz CT molecular complexity index is 414. The van der Waals surface area contributed by atoms with Crippen molar-refractivity contribution >= 4 is 35.6 Å². The Labute approximate surface area is 131 Å². The van der Waals surface area contributed by atoms with Gasteiger partial charge in [0.15, 0.2) is 0 Å². The normalized spacial score (nSPS) is 9.75. The van der Waals surface area contributed by atoms with Gasteiger partial charge in [0, 0.05) is 11.4 Å². The number of benzene rings is 1. The summed E-state index contributed by atoms with van der Waals surface area (Å²) in [6.07, 6.45) is 2.19. The van der Waals surface area contributed by atoms with E-state index in [1.165, 1.54) is 0 Å². The van der Waals surface area contributed by atoms with E-state index in [0.717, 1.165) is 19.4 Å². The van der Waals surface area contributed by atoms with E-state index in [4.69, 9.17) is 16.3 Å². The fourth-order valence-electron chi connectivity index (χ4n) is 1.58. The lowest BCUT2D eigenvalue weighted by atomic mass is 10.2. The van der Waals surface area contributed by atoms with E-state index in [-0.39, 0.29) is 18.3 Å². The molecule has 20 heavy (non-hydrogen) atoms. The van der Waals surface area contributed by atoms with Crippen LogP contribution in [0.15, 0.2) is 18.2 Å². The summed E-state index contributed by atoms with van der Waals surface area (Å²) in [4.78, 5) is 11.8. The summed E-state index contributed by atoms with van der Waals surface area (Å²) in [5.41, 5.74) is 0.635. The first kappa shape index (κ1) is 19.0. The Kier molecular flexibility index (Phi) is 10.3. The van der Waals surface area contributed by atoms with Gasteiger partial charge in [-0.15, -0.1) is 12.4 Å². The van der Waals surface area contributed by atoms with Gasteiger partial charge in [-0.25, -0.2) is 0 Å². The molecule has 0 aromatic heterocycles. The molecule has 6 heteroatoms. The third kappa shape index (κ3) is 6.98. The molecule has 0 bridgehead atoms. The highest BCUT2D eigenvalue weighted by Gasteiger charge is 2.08. The second-order valence-electron chi connectivity index (χ2n) is 4.24. The standard InChI is InChI=1S/C14H21ClN2O2.ClH/c1-3-9-19-13-7-6-11(15)10-12(13)17-14(18)5-4-8-16-2;/h6-7,10,16H,3-5,8-9H2,1-2H3,(H,17,18);1H. The van der Waals surface area contributed by atoms with Crippen molar-refractivity contribution in [3.63, 3.8) is 0 Å². The van der Waals surface area contributed by atoms with Gasteiger partial charge >= 0.3 is 0 Å². The molecule has 4 nitrogen and oxygen atoms in total. The predicted molar refractivity (Wildman–Crippen MR) is 86.3 cm³/mol. The average Bonchev–Trinajstić information content (AvgIpc) is 2.38. The molecule has 0 saturated carbocycles. The van der Waals surface area contributed by atoms with Crippen LogP contribution in [0.5, 0.6) is 5.75 Å². The minimum Gasteiger partial charge on any atom is -0.491 e. The van der Waals surface area contributed by atoms with Crippen molar-refractivity contribution < 1.29 is 9.53 Å². The van der Waals surface area contributed by atoms with E-state index in [2.05, 4.69) is 10.6 Å². The maximum absolute atomic E-state index is 11.8. The topological polar surface area (TPSA) is 50.4 Å². The molecule has 0 aliphatic rings. The first-order valence-corrected chi connectivity index (χ1v) is 6.92. The molecule has 0 spiro atoms. The van der Waals surface area contributed by atoms with Crippen molar-refractivity contribution in [3.05, 3.63) is 23.2 Å². The van der Waals surface area contributed by atoms with Crippen LogP contribution in [0.1, 0.15) is 26.2 Å². The van der Waals surface area contributed by atoms with Crippen molar-refractivity contribution in [2.75, 3.05) is 25.5 Å². The third-order valence-corrected chi connectivity index (χ3v) is 2.74. The smallest absolute Gasteiger partial charge is 0.224 e. The third-order valence-electron chi connectivity index (χ3n) is 2.51. The molecular formula is C14H22Cl2N2O2. The molecule has 0 unspecified atom stereocenters. The molecule has 114 valence electrons. The molecular weight excluding hydrogens is 299 g/mol. The minimum atomic E-state index is -0.0288. The fourth-order valence-corrected chi connectivity index (χ4v) is 1.75. The number of carbonyl (C=O) groups is 1. The number of ether oxygens (including phenoxy) is 1. The van der Waals surface area contributed by atoms with Crippen LogP contribution >= 0.6 is 24.0 Å². The Morgan fingerprint density at radius 3 is 2.80 bits per heavy atom. The van der Waals surface area contributed by atoms with Crippen molar-refractivity contribution in [3.8, 4) is 5.75 Å². The van der Waals surface area contributed by atoms with Crippen LogP contribution in [0.2, 0.25) is 5.02 Å². The molecule has 0 atom stereocenters. The van der Waals surface area contributed by atoms with Crippen LogP contribution in [-0.2, 0) is 4.79 Å². The summed E-state index contributed by atoms with van der Waals surface area (Å²) >= 11 is 5.94. The highest BCUT2D eigenvalue weighted by atomic mass is 35.5. The number of anilines is 1. The molecule has 0 aliphatic heterocycles. The van der Waals surface area contributed by atoms with Crippen molar-refractivity contribution in [2.45, 2.75) is 26.2 Å². The SMILES string of the molecule is CCCOc1ccc(Cl)cc1NC(=O)CCCNC.Cl. The van der Waals surface area contributed by atoms with E-state index in [9.17, 15) is 4.79 Å². The van der Waals surface area contributed by atoms with Crippen molar-refractivity contribution in [1.29, 1.82) is 0 Å². The number of hydrogen-bond acceptors (Lipinski definition) is 3. The number of rotatable bonds is 8. The number of halogens is 2. The first-order chi connectivity index (χ1) is 9.17. The van der Waals surface area contributed by atoms with Gasteiger partial charge in [-0.05, 0) is 44.6 Å². The Morgan fingerprint density at radius 1 is 1.40 bits per heavy atom. The highest BCUT2D eigenvalue weighted by molar-refractivity contribution is 6.31. The molecule has 0 saturated heterocycles. The molecule has 1 amide bonds. The Morgan fingerprint density at radius 2 is 2.15 bits per heavy atom. The van der Waals surface area contributed by atoms with Gasteiger partial charge in [0.1, 0.15) is 5.75 Å². The zero-order valence-corrected chi connectivity index (χ0v) is 13.4. The number of carbonyl (C=O) groups excluding carboxylic acids is 1. The molecule has 1 aromatic rings. The van der Waals surface area contributed by atoms with Crippen LogP contribution in [0, 0.1) is 0 Å². The van der Waals surface area contributed by atoms with Gasteiger partial charge in [0.05, 0.1) is 12.3 Å². The largest absolute Gasteiger partial charge is 0.491 e. The van der Waals surface area contributed by atoms with Crippen molar-refractivity contribution in [2.24, 2.45) is 0 Å².